The number of carbonyl (C=O) groups is 2. The molecule has 0 heterocycles. The summed E-state index contributed by atoms with van der Waals surface area (Å²) in [5.41, 5.74) is 2.13. The molecule has 2 fully saturated rings. The number of anilines is 1. The Morgan fingerprint density at radius 1 is 1.06 bits per heavy atom. The molecule has 2 saturated carbocycles. The lowest BCUT2D eigenvalue weighted by Gasteiger charge is -2.23. The average Bonchev–Trinajstić information content (AvgIpc) is 3.49. The van der Waals surface area contributed by atoms with Crippen LogP contribution in [0.25, 0.3) is 0 Å². The fraction of sp³-hybridized carbons (Fsp3) is 0.417. The normalized spacial score (nSPS) is 16.0. The van der Waals surface area contributed by atoms with E-state index in [4.69, 9.17) is 4.74 Å². The van der Waals surface area contributed by atoms with Gasteiger partial charge in [0.25, 0.3) is 5.91 Å². The third-order valence-corrected chi connectivity index (χ3v) is 5.93. The van der Waals surface area contributed by atoms with E-state index in [0.717, 1.165) is 31.2 Å². The maximum Gasteiger partial charge on any atom is 0.322 e. The van der Waals surface area contributed by atoms with Gasteiger partial charge in [0, 0.05) is 29.9 Å². The minimum atomic E-state index is -0.183. The second-order valence-electron chi connectivity index (χ2n) is 8.33. The molecule has 2 aromatic rings. The monoisotopic (exact) mass is 423 g/mol. The summed E-state index contributed by atoms with van der Waals surface area (Å²) in [7, 11) is 1.50. The summed E-state index contributed by atoms with van der Waals surface area (Å²) >= 11 is 0. The van der Waals surface area contributed by atoms with Gasteiger partial charge in [0.05, 0.1) is 7.11 Å². The Labute approximate surface area is 182 Å². The molecule has 3 N–H and O–H groups in total. The second kappa shape index (κ2) is 9.29. The molecule has 0 unspecified atom stereocenters. The summed E-state index contributed by atoms with van der Waals surface area (Å²) in [5.74, 6) is 0.400. The third kappa shape index (κ3) is 5.29. The van der Waals surface area contributed by atoms with Gasteiger partial charge in [-0.3, -0.25) is 4.79 Å². The first kappa shape index (κ1) is 21.0. The topological polar surface area (TPSA) is 90.9 Å². The van der Waals surface area contributed by atoms with E-state index in [1.807, 2.05) is 0 Å². The number of benzene rings is 2. The van der Waals surface area contributed by atoms with Crippen LogP contribution in [0.15, 0.2) is 42.5 Å². The summed E-state index contributed by atoms with van der Waals surface area (Å²) in [4.78, 5) is 27.1. The van der Waals surface area contributed by atoms with Crippen LogP contribution in [-0.2, 0) is 6.54 Å². The molecule has 2 aliphatic rings. The van der Waals surface area contributed by atoms with Gasteiger partial charge in [0.2, 0.25) is 0 Å². The van der Waals surface area contributed by atoms with Crippen LogP contribution in [0.3, 0.4) is 0 Å². The van der Waals surface area contributed by atoms with Crippen molar-refractivity contribution in [2.24, 2.45) is 0 Å². The Balaban J connectivity index is 1.38. The number of rotatable bonds is 7. The van der Waals surface area contributed by atoms with Gasteiger partial charge in [0.1, 0.15) is 0 Å². The highest BCUT2D eigenvalue weighted by Crippen LogP contribution is 2.31. The van der Waals surface area contributed by atoms with Crippen LogP contribution >= 0.6 is 0 Å². The standard InChI is InChI=1S/C24H29N3O4/c1-31-22-14-16(6-13-21(22)28)15-27(20-11-12-20)24(30)26-19-9-7-17(8-10-19)23(29)25-18-4-2-3-5-18/h6-10,13-14,18,20,28H,2-5,11-12,15H2,1H3,(H,25,29)(H,26,30). The average molecular weight is 424 g/mol. The zero-order valence-electron chi connectivity index (χ0n) is 17.8. The van der Waals surface area contributed by atoms with Gasteiger partial charge in [0.15, 0.2) is 11.5 Å². The number of hydrogen-bond donors (Lipinski definition) is 3. The van der Waals surface area contributed by atoms with Crippen LogP contribution in [0.1, 0.15) is 54.4 Å². The minimum Gasteiger partial charge on any atom is -0.504 e. The molecule has 0 spiro atoms. The molecule has 0 aromatic heterocycles. The molecule has 31 heavy (non-hydrogen) atoms. The molecule has 3 amide bonds. The van der Waals surface area contributed by atoms with Crippen molar-refractivity contribution in [3.8, 4) is 11.5 Å². The van der Waals surface area contributed by atoms with Crippen LogP contribution in [0.5, 0.6) is 11.5 Å². The number of ether oxygens (including phenoxy) is 1. The highest BCUT2D eigenvalue weighted by Gasteiger charge is 2.33. The predicted octanol–water partition coefficient (Wildman–Crippen LogP) is 4.27. The van der Waals surface area contributed by atoms with Crippen LogP contribution < -0.4 is 15.4 Å². The maximum atomic E-state index is 12.9. The third-order valence-electron chi connectivity index (χ3n) is 5.93. The van der Waals surface area contributed by atoms with Crippen molar-refractivity contribution < 1.29 is 19.4 Å². The number of phenolic OH excluding ortho intramolecular Hbond substituents is 1. The Morgan fingerprint density at radius 2 is 1.77 bits per heavy atom. The lowest BCUT2D eigenvalue weighted by Crippen LogP contribution is -2.36. The zero-order valence-corrected chi connectivity index (χ0v) is 17.8. The zero-order chi connectivity index (χ0) is 21.8. The van der Waals surface area contributed by atoms with Gasteiger partial charge in [-0.05, 0) is 67.6 Å². The summed E-state index contributed by atoms with van der Waals surface area (Å²) in [5, 5.41) is 15.8. The molecule has 4 rings (SSSR count). The van der Waals surface area contributed by atoms with Crippen LogP contribution in [0.2, 0.25) is 0 Å². The number of carbonyl (C=O) groups excluding carboxylic acids is 2. The highest BCUT2D eigenvalue weighted by atomic mass is 16.5. The molecule has 2 aromatic carbocycles. The van der Waals surface area contributed by atoms with Crippen molar-refractivity contribution in [1.82, 2.24) is 10.2 Å². The van der Waals surface area contributed by atoms with Crippen molar-refractivity contribution in [2.45, 2.75) is 57.2 Å². The van der Waals surface area contributed by atoms with E-state index >= 15 is 0 Å². The summed E-state index contributed by atoms with van der Waals surface area (Å²) in [6, 6.07) is 12.4. The highest BCUT2D eigenvalue weighted by molar-refractivity contribution is 5.95. The fourth-order valence-electron chi connectivity index (χ4n) is 4.01. The lowest BCUT2D eigenvalue weighted by molar-refractivity contribution is 0.0938. The lowest BCUT2D eigenvalue weighted by atomic mass is 10.1. The molecular formula is C24H29N3O4. The SMILES string of the molecule is COc1cc(CN(C(=O)Nc2ccc(C(=O)NC3CCCC3)cc2)C2CC2)ccc1O. The summed E-state index contributed by atoms with van der Waals surface area (Å²) in [6.45, 7) is 0.426. The first-order valence-electron chi connectivity index (χ1n) is 10.9. The minimum absolute atomic E-state index is 0.0642. The van der Waals surface area contributed by atoms with Gasteiger partial charge in [-0.2, -0.15) is 0 Å². The largest absolute Gasteiger partial charge is 0.504 e. The Bertz CT molecular complexity index is 934. The predicted molar refractivity (Wildman–Crippen MR) is 118 cm³/mol. The van der Waals surface area contributed by atoms with Crippen molar-refractivity contribution >= 4 is 17.6 Å². The Kier molecular flexibility index (Phi) is 6.30. The van der Waals surface area contributed by atoms with Gasteiger partial charge in [-0.25, -0.2) is 4.79 Å². The molecule has 2 aliphatic carbocycles. The number of hydrogen-bond acceptors (Lipinski definition) is 4. The van der Waals surface area contributed by atoms with E-state index in [9.17, 15) is 14.7 Å². The quantitative estimate of drug-likeness (QED) is 0.620. The first-order chi connectivity index (χ1) is 15.0. The number of urea groups is 1. The molecular weight excluding hydrogens is 394 g/mol. The van der Waals surface area contributed by atoms with E-state index in [2.05, 4.69) is 10.6 Å². The molecule has 0 bridgehead atoms. The maximum absolute atomic E-state index is 12.9. The fourth-order valence-corrected chi connectivity index (χ4v) is 4.01. The molecule has 7 heteroatoms. The molecule has 0 saturated heterocycles. The van der Waals surface area contributed by atoms with Crippen LogP contribution in [-0.4, -0.2) is 41.1 Å². The summed E-state index contributed by atoms with van der Waals surface area (Å²) < 4.78 is 5.17. The molecule has 0 radical (unpaired) electrons. The number of aromatic hydroxyl groups is 1. The van der Waals surface area contributed by atoms with Gasteiger partial charge < -0.3 is 25.4 Å². The van der Waals surface area contributed by atoms with Crippen molar-refractivity contribution in [2.75, 3.05) is 12.4 Å². The number of amides is 3. The van der Waals surface area contributed by atoms with Crippen molar-refractivity contribution in [3.63, 3.8) is 0 Å². The molecule has 164 valence electrons. The second-order valence-corrected chi connectivity index (χ2v) is 8.33. The molecule has 7 nitrogen and oxygen atoms in total. The molecule has 0 aliphatic heterocycles. The molecule has 0 atom stereocenters. The first-order valence-corrected chi connectivity index (χ1v) is 10.9. The number of nitrogens with zero attached hydrogens (tertiary/aromatic N) is 1. The van der Waals surface area contributed by atoms with E-state index < -0.39 is 0 Å². The van der Waals surface area contributed by atoms with Gasteiger partial charge >= 0.3 is 6.03 Å². The van der Waals surface area contributed by atoms with Gasteiger partial charge in [-0.1, -0.05) is 18.9 Å². The Hall–Kier alpha value is -3.22. The van der Waals surface area contributed by atoms with E-state index in [-0.39, 0.29) is 29.8 Å². The number of nitrogens with one attached hydrogen (secondary N) is 2. The number of phenols is 1. The van der Waals surface area contributed by atoms with E-state index in [1.165, 1.54) is 20.0 Å². The van der Waals surface area contributed by atoms with Crippen LogP contribution in [0.4, 0.5) is 10.5 Å². The number of methoxy groups -OCH3 is 1. The van der Waals surface area contributed by atoms with Crippen molar-refractivity contribution in [3.05, 3.63) is 53.6 Å². The van der Waals surface area contributed by atoms with E-state index in [0.29, 0.717) is 23.5 Å². The van der Waals surface area contributed by atoms with Crippen molar-refractivity contribution in [1.29, 1.82) is 0 Å². The Morgan fingerprint density at radius 3 is 2.42 bits per heavy atom. The van der Waals surface area contributed by atoms with Gasteiger partial charge in [-0.15, -0.1) is 0 Å². The summed E-state index contributed by atoms with van der Waals surface area (Å²) in [6.07, 6.45) is 6.38. The van der Waals surface area contributed by atoms with E-state index in [1.54, 1.807) is 47.4 Å². The smallest absolute Gasteiger partial charge is 0.322 e. The van der Waals surface area contributed by atoms with Crippen LogP contribution in [0, 0.1) is 0 Å².